The number of nitrogens with one attached hydrogen (secondary N) is 1. The first kappa shape index (κ1) is 14.1. The largest absolute Gasteiger partial charge is 0.502 e. The van der Waals surface area contributed by atoms with Gasteiger partial charge in [-0.2, -0.15) is 0 Å². The number of halogens is 1. The maximum Gasteiger partial charge on any atom is 0.133 e. The summed E-state index contributed by atoms with van der Waals surface area (Å²) in [5, 5.41) is 3.35. The fourth-order valence-electron chi connectivity index (χ4n) is 1.42. The first-order chi connectivity index (χ1) is 8.27. The highest BCUT2D eigenvalue weighted by molar-refractivity contribution is 9.10. The van der Waals surface area contributed by atoms with Crippen LogP contribution < -0.4 is 10.1 Å². The Labute approximate surface area is 111 Å². The third-order valence-corrected chi connectivity index (χ3v) is 2.90. The first-order valence-corrected chi connectivity index (χ1v) is 6.33. The summed E-state index contributed by atoms with van der Waals surface area (Å²) < 4.78 is 11.2. The average Bonchev–Trinajstić information content (AvgIpc) is 2.34. The zero-order chi connectivity index (χ0) is 12.5. The van der Waals surface area contributed by atoms with E-state index in [1.54, 1.807) is 7.11 Å². The molecular weight excluding hydrogens is 282 g/mol. The predicted molar refractivity (Wildman–Crippen MR) is 73.2 cm³/mol. The molecule has 3 nitrogen and oxygen atoms in total. The minimum absolute atomic E-state index is 0.711. The molecule has 0 fully saturated rings. The van der Waals surface area contributed by atoms with E-state index in [4.69, 9.17) is 9.47 Å². The molecule has 0 aliphatic heterocycles. The molecule has 0 bridgehead atoms. The molecule has 1 N–H and O–H groups in total. The topological polar surface area (TPSA) is 30.5 Å². The van der Waals surface area contributed by atoms with Crippen LogP contribution in [0, 0.1) is 0 Å². The van der Waals surface area contributed by atoms with Crippen LogP contribution in [0.1, 0.15) is 12.0 Å². The number of methoxy groups -OCH3 is 1. The van der Waals surface area contributed by atoms with Crippen molar-refractivity contribution in [1.29, 1.82) is 0 Å². The summed E-state index contributed by atoms with van der Waals surface area (Å²) in [6.07, 6.45) is 2.45. The van der Waals surface area contributed by atoms with Crippen molar-refractivity contribution in [3.05, 3.63) is 41.1 Å². The van der Waals surface area contributed by atoms with Crippen molar-refractivity contribution in [2.24, 2.45) is 0 Å². The normalized spacial score (nSPS) is 10.0. The van der Waals surface area contributed by atoms with Crippen LogP contribution in [0.25, 0.3) is 0 Å². The molecule has 0 aliphatic rings. The standard InChI is InChI=1S/C13H18BrNO2/c1-3-17-8-4-7-15-10-11-5-6-13(16-2)12(14)9-11/h3,5-6,9,15H,1,4,7-8,10H2,2H3. The molecule has 4 heteroatoms. The van der Waals surface area contributed by atoms with Gasteiger partial charge in [0.25, 0.3) is 0 Å². The van der Waals surface area contributed by atoms with Crippen molar-refractivity contribution < 1.29 is 9.47 Å². The summed E-state index contributed by atoms with van der Waals surface area (Å²) in [7, 11) is 1.66. The van der Waals surface area contributed by atoms with Gasteiger partial charge in [-0.1, -0.05) is 12.6 Å². The molecule has 1 aromatic rings. The van der Waals surface area contributed by atoms with E-state index in [1.807, 2.05) is 6.07 Å². The minimum Gasteiger partial charge on any atom is -0.502 e. The van der Waals surface area contributed by atoms with Crippen molar-refractivity contribution >= 4 is 15.9 Å². The Kier molecular flexibility index (Phi) is 6.74. The molecule has 17 heavy (non-hydrogen) atoms. The summed E-state index contributed by atoms with van der Waals surface area (Å²) in [5.74, 6) is 0.855. The van der Waals surface area contributed by atoms with Crippen molar-refractivity contribution in [3.8, 4) is 5.75 Å². The van der Waals surface area contributed by atoms with Crippen LogP contribution in [0.15, 0.2) is 35.5 Å². The fraction of sp³-hybridized carbons (Fsp3) is 0.385. The van der Waals surface area contributed by atoms with E-state index in [9.17, 15) is 0 Å². The van der Waals surface area contributed by atoms with Crippen molar-refractivity contribution in [1.82, 2.24) is 5.32 Å². The Balaban J connectivity index is 2.27. The zero-order valence-electron chi connectivity index (χ0n) is 10.0. The quantitative estimate of drug-likeness (QED) is 0.591. The SMILES string of the molecule is C=COCCCNCc1ccc(OC)c(Br)c1. The van der Waals surface area contributed by atoms with Gasteiger partial charge < -0.3 is 14.8 Å². The monoisotopic (exact) mass is 299 g/mol. The van der Waals surface area contributed by atoms with Gasteiger partial charge in [0.2, 0.25) is 0 Å². The summed E-state index contributed by atoms with van der Waals surface area (Å²) in [4.78, 5) is 0. The summed E-state index contributed by atoms with van der Waals surface area (Å²) in [5.41, 5.74) is 1.22. The van der Waals surface area contributed by atoms with Gasteiger partial charge in [0, 0.05) is 6.54 Å². The Hall–Kier alpha value is -1.00. The Morgan fingerprint density at radius 2 is 2.29 bits per heavy atom. The number of benzene rings is 1. The van der Waals surface area contributed by atoms with Crippen LogP contribution in [0.5, 0.6) is 5.75 Å². The lowest BCUT2D eigenvalue weighted by Gasteiger charge is -2.07. The van der Waals surface area contributed by atoms with Gasteiger partial charge in [0.05, 0.1) is 24.5 Å². The van der Waals surface area contributed by atoms with E-state index in [1.165, 1.54) is 11.8 Å². The lowest BCUT2D eigenvalue weighted by Crippen LogP contribution is -2.15. The lowest BCUT2D eigenvalue weighted by molar-refractivity contribution is 0.244. The number of ether oxygens (including phenoxy) is 2. The highest BCUT2D eigenvalue weighted by atomic mass is 79.9. The second kappa shape index (κ2) is 8.14. The van der Waals surface area contributed by atoms with Gasteiger partial charge in [-0.3, -0.25) is 0 Å². The number of hydrogen-bond acceptors (Lipinski definition) is 3. The molecular formula is C13H18BrNO2. The van der Waals surface area contributed by atoms with E-state index < -0.39 is 0 Å². The van der Waals surface area contributed by atoms with Gasteiger partial charge in [-0.25, -0.2) is 0 Å². The molecule has 0 atom stereocenters. The van der Waals surface area contributed by atoms with Gasteiger partial charge in [0.15, 0.2) is 0 Å². The average molecular weight is 300 g/mol. The zero-order valence-corrected chi connectivity index (χ0v) is 11.6. The Morgan fingerprint density at radius 1 is 1.47 bits per heavy atom. The Bertz CT molecular complexity index is 355. The molecule has 0 saturated carbocycles. The highest BCUT2D eigenvalue weighted by Gasteiger charge is 2.00. The van der Waals surface area contributed by atoms with E-state index in [2.05, 4.69) is 40.0 Å². The van der Waals surface area contributed by atoms with Crippen molar-refractivity contribution in [2.75, 3.05) is 20.3 Å². The number of hydrogen-bond donors (Lipinski definition) is 1. The fourth-order valence-corrected chi connectivity index (χ4v) is 2.00. The highest BCUT2D eigenvalue weighted by Crippen LogP contribution is 2.25. The second-order valence-corrected chi connectivity index (χ2v) is 4.39. The molecule has 0 radical (unpaired) electrons. The molecule has 0 spiro atoms. The van der Waals surface area contributed by atoms with Gasteiger partial charge in [-0.05, 0) is 46.6 Å². The second-order valence-electron chi connectivity index (χ2n) is 3.54. The molecule has 0 heterocycles. The molecule has 0 unspecified atom stereocenters. The molecule has 0 saturated heterocycles. The van der Waals surface area contributed by atoms with Crippen LogP contribution >= 0.6 is 15.9 Å². The molecule has 94 valence electrons. The van der Waals surface area contributed by atoms with Crippen LogP contribution in [0.3, 0.4) is 0 Å². The molecule has 0 aliphatic carbocycles. The summed E-state index contributed by atoms with van der Waals surface area (Å²) in [6, 6.07) is 6.07. The van der Waals surface area contributed by atoms with Gasteiger partial charge in [0.1, 0.15) is 5.75 Å². The molecule has 1 aromatic carbocycles. The third kappa shape index (κ3) is 5.24. The smallest absolute Gasteiger partial charge is 0.133 e. The third-order valence-electron chi connectivity index (χ3n) is 2.28. The van der Waals surface area contributed by atoms with E-state index >= 15 is 0 Å². The Morgan fingerprint density at radius 3 is 2.94 bits per heavy atom. The lowest BCUT2D eigenvalue weighted by atomic mass is 10.2. The van der Waals surface area contributed by atoms with Crippen LogP contribution in [-0.4, -0.2) is 20.3 Å². The van der Waals surface area contributed by atoms with Gasteiger partial charge >= 0.3 is 0 Å². The van der Waals surface area contributed by atoms with E-state index in [0.717, 1.165) is 29.7 Å². The summed E-state index contributed by atoms with van der Waals surface area (Å²) >= 11 is 3.47. The molecule has 1 rings (SSSR count). The van der Waals surface area contributed by atoms with Crippen LogP contribution in [-0.2, 0) is 11.3 Å². The maximum atomic E-state index is 5.18. The van der Waals surface area contributed by atoms with E-state index in [-0.39, 0.29) is 0 Å². The van der Waals surface area contributed by atoms with E-state index in [0.29, 0.717) is 6.61 Å². The van der Waals surface area contributed by atoms with Crippen molar-refractivity contribution in [3.63, 3.8) is 0 Å². The minimum atomic E-state index is 0.711. The summed E-state index contributed by atoms with van der Waals surface area (Å²) in [6.45, 7) is 5.98. The predicted octanol–water partition coefficient (Wildman–Crippen LogP) is 3.10. The van der Waals surface area contributed by atoms with Crippen LogP contribution in [0.2, 0.25) is 0 Å². The maximum absolute atomic E-state index is 5.18. The van der Waals surface area contributed by atoms with Crippen LogP contribution in [0.4, 0.5) is 0 Å². The van der Waals surface area contributed by atoms with Crippen molar-refractivity contribution in [2.45, 2.75) is 13.0 Å². The molecule has 0 aromatic heterocycles. The first-order valence-electron chi connectivity index (χ1n) is 5.53. The molecule has 0 amide bonds. The number of rotatable bonds is 8. The van der Waals surface area contributed by atoms with Gasteiger partial charge in [-0.15, -0.1) is 0 Å².